The summed E-state index contributed by atoms with van der Waals surface area (Å²) in [7, 11) is 1.74. The minimum Gasteiger partial charge on any atom is -0.342 e. The summed E-state index contributed by atoms with van der Waals surface area (Å²) in [6.45, 7) is 5.50. The molecule has 1 rings (SSSR count). The van der Waals surface area contributed by atoms with E-state index >= 15 is 0 Å². The summed E-state index contributed by atoms with van der Waals surface area (Å²) in [6.07, 6.45) is 1.92. The molecule has 0 heterocycles. The Labute approximate surface area is 130 Å². The number of anilines is 2. The van der Waals surface area contributed by atoms with E-state index in [2.05, 4.69) is 17.6 Å². The number of hydrogen-bond donors (Lipinski definition) is 2. The third kappa shape index (κ3) is 5.55. The van der Waals surface area contributed by atoms with Gasteiger partial charge in [-0.15, -0.1) is 0 Å². The summed E-state index contributed by atoms with van der Waals surface area (Å²) in [6, 6.07) is 4.83. The number of unbranched alkanes of at least 4 members (excludes halogenated alkanes) is 1. The quantitative estimate of drug-likeness (QED) is 0.847. The molecule has 0 aliphatic carbocycles. The van der Waals surface area contributed by atoms with E-state index in [9.17, 15) is 14.4 Å². The van der Waals surface area contributed by atoms with Crippen molar-refractivity contribution in [3.8, 4) is 0 Å². The van der Waals surface area contributed by atoms with Crippen LogP contribution in [0.25, 0.3) is 0 Å². The van der Waals surface area contributed by atoms with Crippen LogP contribution in [0.5, 0.6) is 0 Å². The fourth-order valence-corrected chi connectivity index (χ4v) is 2.02. The Kier molecular flexibility index (Phi) is 6.56. The molecule has 6 nitrogen and oxygen atoms in total. The molecular weight excluding hydrogens is 282 g/mol. The highest BCUT2D eigenvalue weighted by Crippen LogP contribution is 2.20. The van der Waals surface area contributed by atoms with Gasteiger partial charge in [0.05, 0.1) is 0 Å². The molecule has 0 spiro atoms. The van der Waals surface area contributed by atoms with Gasteiger partial charge in [-0.1, -0.05) is 13.3 Å². The Balaban J connectivity index is 3.07. The van der Waals surface area contributed by atoms with Gasteiger partial charge < -0.3 is 15.5 Å². The highest BCUT2D eigenvalue weighted by molar-refractivity contribution is 5.99. The van der Waals surface area contributed by atoms with E-state index in [-0.39, 0.29) is 17.7 Å². The number of nitrogens with one attached hydrogen (secondary N) is 2. The van der Waals surface area contributed by atoms with Gasteiger partial charge in [-0.2, -0.15) is 0 Å². The lowest BCUT2D eigenvalue weighted by molar-refractivity contribution is -0.115. The lowest BCUT2D eigenvalue weighted by Crippen LogP contribution is -2.28. The van der Waals surface area contributed by atoms with Crippen molar-refractivity contribution in [3.05, 3.63) is 23.8 Å². The van der Waals surface area contributed by atoms with Gasteiger partial charge in [-0.25, -0.2) is 0 Å². The minimum atomic E-state index is -0.238. The number of nitrogens with zero attached hydrogens (tertiary/aromatic N) is 1. The van der Waals surface area contributed by atoms with Crippen molar-refractivity contribution in [3.63, 3.8) is 0 Å². The van der Waals surface area contributed by atoms with Crippen LogP contribution < -0.4 is 10.6 Å². The minimum absolute atomic E-state index is 0.146. The maximum absolute atomic E-state index is 12.4. The van der Waals surface area contributed by atoms with Crippen LogP contribution >= 0.6 is 0 Å². The van der Waals surface area contributed by atoms with Crippen LogP contribution in [0.4, 0.5) is 11.4 Å². The van der Waals surface area contributed by atoms with Gasteiger partial charge >= 0.3 is 0 Å². The number of carbonyl (C=O) groups excluding carboxylic acids is 3. The summed E-state index contributed by atoms with van der Waals surface area (Å²) >= 11 is 0. The third-order valence-electron chi connectivity index (χ3n) is 3.01. The van der Waals surface area contributed by atoms with E-state index in [1.807, 2.05) is 0 Å². The maximum atomic E-state index is 12.4. The predicted molar refractivity (Wildman–Crippen MR) is 86.9 cm³/mol. The third-order valence-corrected chi connectivity index (χ3v) is 3.01. The Hall–Kier alpha value is -2.37. The molecule has 3 amide bonds. The molecule has 0 unspecified atom stereocenters. The standard InChI is InChI=1S/C16H23N3O3/c1-5-6-7-19(4)16(22)13-8-14(17-11(2)20)10-15(9-13)18-12(3)21/h8-10H,5-7H2,1-4H3,(H,17,20)(H,18,21). The van der Waals surface area contributed by atoms with Crippen molar-refractivity contribution in [1.29, 1.82) is 0 Å². The summed E-state index contributed by atoms with van der Waals surface area (Å²) < 4.78 is 0. The van der Waals surface area contributed by atoms with Crippen molar-refractivity contribution in [1.82, 2.24) is 4.90 Å². The molecule has 0 fully saturated rings. The molecule has 0 saturated carbocycles. The number of benzene rings is 1. The number of hydrogen-bond acceptors (Lipinski definition) is 3. The number of carbonyl (C=O) groups is 3. The van der Waals surface area contributed by atoms with Gasteiger partial charge in [-0.05, 0) is 24.6 Å². The molecule has 0 radical (unpaired) electrons. The van der Waals surface area contributed by atoms with E-state index in [0.29, 0.717) is 23.5 Å². The van der Waals surface area contributed by atoms with Crippen molar-refractivity contribution in [2.24, 2.45) is 0 Å². The predicted octanol–water partition coefficient (Wildman–Crippen LogP) is 2.48. The van der Waals surface area contributed by atoms with E-state index < -0.39 is 0 Å². The molecule has 1 aromatic rings. The molecule has 6 heteroatoms. The average molecular weight is 305 g/mol. The van der Waals surface area contributed by atoms with Gasteiger partial charge in [0.2, 0.25) is 11.8 Å². The van der Waals surface area contributed by atoms with Crippen molar-refractivity contribution < 1.29 is 14.4 Å². The van der Waals surface area contributed by atoms with Crippen molar-refractivity contribution in [2.75, 3.05) is 24.2 Å². The second-order valence-corrected chi connectivity index (χ2v) is 5.24. The van der Waals surface area contributed by atoms with Crippen molar-refractivity contribution >= 4 is 29.1 Å². The van der Waals surface area contributed by atoms with E-state index in [0.717, 1.165) is 12.8 Å². The molecule has 2 N–H and O–H groups in total. The first kappa shape index (κ1) is 17.7. The largest absolute Gasteiger partial charge is 0.342 e. The molecule has 0 saturated heterocycles. The van der Waals surface area contributed by atoms with E-state index in [4.69, 9.17) is 0 Å². The van der Waals surface area contributed by atoms with Gasteiger partial charge in [0, 0.05) is 44.4 Å². The lowest BCUT2D eigenvalue weighted by atomic mass is 10.1. The molecule has 1 aromatic carbocycles. The van der Waals surface area contributed by atoms with E-state index in [1.54, 1.807) is 30.1 Å². The van der Waals surface area contributed by atoms with Gasteiger partial charge in [0.1, 0.15) is 0 Å². The Bertz CT molecular complexity index is 536. The lowest BCUT2D eigenvalue weighted by Gasteiger charge is -2.18. The average Bonchev–Trinajstić information content (AvgIpc) is 2.42. The molecule has 0 aromatic heterocycles. The van der Waals surface area contributed by atoms with E-state index in [1.165, 1.54) is 13.8 Å². The molecule has 120 valence electrons. The summed E-state index contributed by atoms with van der Waals surface area (Å²) in [5, 5.41) is 5.27. The topological polar surface area (TPSA) is 78.5 Å². The summed E-state index contributed by atoms with van der Waals surface area (Å²) in [5.74, 6) is -0.623. The van der Waals surface area contributed by atoms with Crippen LogP contribution in [-0.4, -0.2) is 36.2 Å². The molecule has 0 aliphatic heterocycles. The molecule has 22 heavy (non-hydrogen) atoms. The zero-order valence-electron chi connectivity index (χ0n) is 13.5. The maximum Gasteiger partial charge on any atom is 0.253 e. The molecule has 0 aliphatic rings. The smallest absolute Gasteiger partial charge is 0.253 e. The van der Waals surface area contributed by atoms with Crippen LogP contribution in [-0.2, 0) is 9.59 Å². The van der Waals surface area contributed by atoms with Crippen LogP contribution in [0.3, 0.4) is 0 Å². The first-order valence-electron chi connectivity index (χ1n) is 7.29. The fourth-order valence-electron chi connectivity index (χ4n) is 2.02. The highest BCUT2D eigenvalue weighted by atomic mass is 16.2. The van der Waals surface area contributed by atoms with Crippen LogP contribution in [0.1, 0.15) is 44.0 Å². The summed E-state index contributed by atoms with van der Waals surface area (Å²) in [5.41, 5.74) is 1.38. The normalized spacial score (nSPS) is 10.0. The highest BCUT2D eigenvalue weighted by Gasteiger charge is 2.14. The zero-order valence-corrected chi connectivity index (χ0v) is 13.5. The van der Waals surface area contributed by atoms with Gasteiger partial charge in [0.25, 0.3) is 5.91 Å². The fraction of sp³-hybridized carbons (Fsp3) is 0.438. The van der Waals surface area contributed by atoms with Crippen molar-refractivity contribution in [2.45, 2.75) is 33.6 Å². The Morgan fingerprint density at radius 1 is 1.00 bits per heavy atom. The monoisotopic (exact) mass is 305 g/mol. The second kappa shape index (κ2) is 8.17. The first-order valence-corrected chi connectivity index (χ1v) is 7.29. The first-order chi connectivity index (χ1) is 10.3. The molecule has 0 bridgehead atoms. The Morgan fingerprint density at radius 3 is 1.91 bits per heavy atom. The Morgan fingerprint density at radius 2 is 1.50 bits per heavy atom. The number of rotatable bonds is 6. The molecule has 0 atom stereocenters. The van der Waals surface area contributed by atoms with Gasteiger partial charge in [-0.3, -0.25) is 14.4 Å². The SMILES string of the molecule is CCCCN(C)C(=O)c1cc(NC(C)=O)cc(NC(C)=O)c1. The van der Waals surface area contributed by atoms with Crippen LogP contribution in [0.2, 0.25) is 0 Å². The van der Waals surface area contributed by atoms with Gasteiger partial charge in [0.15, 0.2) is 0 Å². The second-order valence-electron chi connectivity index (χ2n) is 5.24. The van der Waals surface area contributed by atoms with Crippen LogP contribution in [0.15, 0.2) is 18.2 Å². The summed E-state index contributed by atoms with van der Waals surface area (Å²) in [4.78, 5) is 36.5. The van der Waals surface area contributed by atoms with Crippen LogP contribution in [0, 0.1) is 0 Å². The number of amides is 3. The molecular formula is C16H23N3O3. The zero-order chi connectivity index (χ0) is 16.7.